The highest BCUT2D eigenvalue weighted by Crippen LogP contribution is 2.23. The minimum Gasteiger partial charge on any atom is -0.497 e. The predicted molar refractivity (Wildman–Crippen MR) is 129 cm³/mol. The second-order valence-electron chi connectivity index (χ2n) is 8.55. The van der Waals surface area contributed by atoms with E-state index in [0.29, 0.717) is 23.5 Å². The number of amides is 2. The zero-order valence-electron chi connectivity index (χ0n) is 20.2. The summed E-state index contributed by atoms with van der Waals surface area (Å²) in [6.45, 7) is 4.24. The Labute approximate surface area is 200 Å². The zero-order chi connectivity index (χ0) is 25.1. The molecule has 0 heterocycles. The molecule has 0 aliphatic carbocycles. The number of carboxylic acids is 1. The van der Waals surface area contributed by atoms with Crippen molar-refractivity contribution in [1.82, 2.24) is 10.6 Å². The van der Waals surface area contributed by atoms with Crippen molar-refractivity contribution in [3.63, 3.8) is 0 Å². The monoisotopic (exact) mass is 470 g/mol. The first-order valence-electron chi connectivity index (χ1n) is 11.3. The van der Waals surface area contributed by atoms with Gasteiger partial charge < -0.3 is 25.2 Å². The van der Waals surface area contributed by atoms with E-state index in [1.165, 1.54) is 0 Å². The Bertz CT molecular complexity index is 958. The molecule has 8 nitrogen and oxygen atoms in total. The van der Waals surface area contributed by atoms with Crippen molar-refractivity contribution >= 4 is 17.8 Å². The highest BCUT2D eigenvalue weighted by atomic mass is 16.5. The quantitative estimate of drug-likeness (QED) is 0.411. The lowest BCUT2D eigenvalue weighted by Gasteiger charge is -2.23. The van der Waals surface area contributed by atoms with E-state index in [1.807, 2.05) is 38.1 Å². The third-order valence-electron chi connectivity index (χ3n) is 5.44. The van der Waals surface area contributed by atoms with Crippen LogP contribution in [-0.4, -0.2) is 37.1 Å². The summed E-state index contributed by atoms with van der Waals surface area (Å²) < 4.78 is 10.5. The average Bonchev–Trinajstić information content (AvgIpc) is 2.81. The molecule has 2 aromatic rings. The number of aliphatic carboxylic acids is 1. The van der Waals surface area contributed by atoms with Gasteiger partial charge in [0.05, 0.1) is 26.7 Å². The third kappa shape index (κ3) is 8.42. The molecule has 1 unspecified atom stereocenters. The Hall–Kier alpha value is -3.55. The van der Waals surface area contributed by atoms with Crippen molar-refractivity contribution in [2.75, 3.05) is 14.2 Å². The van der Waals surface area contributed by atoms with Crippen LogP contribution in [0.4, 0.5) is 0 Å². The van der Waals surface area contributed by atoms with E-state index in [9.17, 15) is 19.5 Å². The number of hydrogen-bond acceptors (Lipinski definition) is 5. The molecule has 0 fully saturated rings. The van der Waals surface area contributed by atoms with Gasteiger partial charge in [-0.25, -0.2) is 0 Å². The molecule has 0 aliphatic rings. The summed E-state index contributed by atoms with van der Waals surface area (Å²) in [4.78, 5) is 37.3. The van der Waals surface area contributed by atoms with Gasteiger partial charge in [-0.05, 0) is 36.1 Å². The van der Waals surface area contributed by atoms with Crippen molar-refractivity contribution in [1.29, 1.82) is 0 Å². The number of ether oxygens (including phenoxy) is 2. The molecule has 0 saturated carbocycles. The van der Waals surface area contributed by atoms with Gasteiger partial charge in [-0.15, -0.1) is 0 Å². The Morgan fingerprint density at radius 1 is 0.941 bits per heavy atom. The maximum Gasteiger partial charge on any atom is 0.305 e. The van der Waals surface area contributed by atoms with Crippen molar-refractivity contribution in [3.05, 3.63) is 59.7 Å². The van der Waals surface area contributed by atoms with Crippen LogP contribution in [0.3, 0.4) is 0 Å². The summed E-state index contributed by atoms with van der Waals surface area (Å²) in [5, 5.41) is 15.1. The Morgan fingerprint density at radius 2 is 1.62 bits per heavy atom. The van der Waals surface area contributed by atoms with Crippen LogP contribution in [0.5, 0.6) is 11.5 Å². The maximum absolute atomic E-state index is 13.1. The number of methoxy groups -OCH3 is 2. The van der Waals surface area contributed by atoms with Gasteiger partial charge in [0.2, 0.25) is 11.8 Å². The molecule has 0 aromatic heterocycles. The predicted octanol–water partition coefficient (Wildman–Crippen LogP) is 3.70. The lowest BCUT2D eigenvalue weighted by molar-refractivity contribution is -0.138. The summed E-state index contributed by atoms with van der Waals surface area (Å²) in [5.41, 5.74) is 1.49. The first-order chi connectivity index (χ1) is 16.2. The van der Waals surface area contributed by atoms with E-state index in [0.717, 1.165) is 5.56 Å². The molecule has 2 aromatic carbocycles. The second-order valence-corrected chi connectivity index (χ2v) is 8.55. The van der Waals surface area contributed by atoms with E-state index < -0.39 is 17.9 Å². The van der Waals surface area contributed by atoms with Gasteiger partial charge in [0.1, 0.15) is 11.5 Å². The van der Waals surface area contributed by atoms with Gasteiger partial charge in [-0.2, -0.15) is 0 Å². The van der Waals surface area contributed by atoms with Crippen LogP contribution < -0.4 is 20.1 Å². The van der Waals surface area contributed by atoms with Crippen LogP contribution in [-0.2, 0) is 20.9 Å². The van der Waals surface area contributed by atoms with Crippen molar-refractivity contribution in [3.8, 4) is 11.5 Å². The fourth-order valence-electron chi connectivity index (χ4n) is 3.74. The Balaban J connectivity index is 2.09. The molecule has 2 atom stereocenters. The molecule has 0 saturated heterocycles. The number of carbonyl (C=O) groups is 3. The van der Waals surface area contributed by atoms with Crippen molar-refractivity contribution < 1.29 is 29.0 Å². The van der Waals surface area contributed by atoms with Crippen molar-refractivity contribution in [2.45, 2.75) is 45.7 Å². The molecular weight excluding hydrogens is 436 g/mol. The van der Waals surface area contributed by atoms with Crippen LogP contribution in [0.15, 0.2) is 48.5 Å². The largest absolute Gasteiger partial charge is 0.497 e. The number of nitrogens with one attached hydrogen (secondary N) is 2. The number of rotatable bonds is 13. The number of benzene rings is 2. The summed E-state index contributed by atoms with van der Waals surface area (Å²) in [6.07, 6.45) is 0.227. The van der Waals surface area contributed by atoms with Gasteiger partial charge in [0.25, 0.3) is 0 Å². The summed E-state index contributed by atoms with van der Waals surface area (Å²) in [5.74, 6) is -0.738. The van der Waals surface area contributed by atoms with Gasteiger partial charge in [-0.3, -0.25) is 14.4 Å². The highest BCUT2D eigenvalue weighted by molar-refractivity contribution is 5.86. The average molecular weight is 471 g/mol. The molecule has 2 amide bonds. The van der Waals surface area contributed by atoms with Crippen LogP contribution in [0.1, 0.15) is 50.3 Å². The normalized spacial score (nSPS) is 12.5. The zero-order valence-corrected chi connectivity index (χ0v) is 20.2. The summed E-state index contributed by atoms with van der Waals surface area (Å²) in [7, 11) is 3.11. The number of para-hydroxylation sites is 1. The fraction of sp³-hybridized carbons (Fsp3) is 0.423. The summed E-state index contributed by atoms with van der Waals surface area (Å²) >= 11 is 0. The minimum absolute atomic E-state index is 0.00155. The van der Waals surface area contributed by atoms with Crippen LogP contribution in [0.2, 0.25) is 0 Å². The van der Waals surface area contributed by atoms with Crippen molar-refractivity contribution in [2.24, 2.45) is 11.8 Å². The van der Waals surface area contributed by atoms with Crippen LogP contribution in [0, 0.1) is 11.8 Å². The topological polar surface area (TPSA) is 114 Å². The molecule has 184 valence electrons. The van der Waals surface area contributed by atoms with E-state index in [2.05, 4.69) is 10.6 Å². The molecule has 0 spiro atoms. The minimum atomic E-state index is -1.03. The molecule has 34 heavy (non-hydrogen) atoms. The first kappa shape index (κ1) is 26.7. The Kier molecular flexibility index (Phi) is 10.4. The smallest absolute Gasteiger partial charge is 0.305 e. The van der Waals surface area contributed by atoms with Gasteiger partial charge in [0.15, 0.2) is 0 Å². The van der Waals surface area contributed by atoms with Gasteiger partial charge in [-0.1, -0.05) is 44.2 Å². The van der Waals surface area contributed by atoms with Crippen LogP contribution >= 0.6 is 0 Å². The molecule has 0 radical (unpaired) electrons. The Morgan fingerprint density at radius 3 is 2.21 bits per heavy atom. The van der Waals surface area contributed by atoms with E-state index in [-0.39, 0.29) is 37.1 Å². The molecule has 3 N–H and O–H groups in total. The van der Waals surface area contributed by atoms with E-state index >= 15 is 0 Å². The van der Waals surface area contributed by atoms with Gasteiger partial charge in [0, 0.05) is 24.4 Å². The SMILES string of the molecule is COc1ccc([C@H](CC(=O)O)NC(=O)C(CC(=O)NCc2ccccc2OC)CC(C)C)cc1. The van der Waals surface area contributed by atoms with Gasteiger partial charge >= 0.3 is 5.97 Å². The lowest BCUT2D eigenvalue weighted by atomic mass is 9.92. The van der Waals surface area contributed by atoms with Crippen LogP contribution in [0.25, 0.3) is 0 Å². The molecule has 8 heteroatoms. The number of hydrogen-bond donors (Lipinski definition) is 3. The lowest BCUT2D eigenvalue weighted by Crippen LogP contribution is -2.38. The van der Waals surface area contributed by atoms with E-state index in [4.69, 9.17) is 9.47 Å². The standard InChI is InChI=1S/C26H34N2O6/c1-17(2)13-20(14-24(29)27-16-19-7-5-6-8-23(19)34-4)26(32)28-22(15-25(30)31)18-9-11-21(33-3)12-10-18/h5-12,17,20,22H,13-16H2,1-4H3,(H,27,29)(H,28,32)(H,30,31)/t20?,22-/m0/s1. The number of carboxylic acid groups (broad SMARTS) is 1. The second kappa shape index (κ2) is 13.2. The number of carbonyl (C=O) groups excluding carboxylic acids is 2. The fourth-order valence-corrected chi connectivity index (χ4v) is 3.74. The molecule has 0 aliphatic heterocycles. The molecule has 0 bridgehead atoms. The highest BCUT2D eigenvalue weighted by Gasteiger charge is 2.27. The first-order valence-corrected chi connectivity index (χ1v) is 11.3. The summed E-state index contributed by atoms with van der Waals surface area (Å²) in [6, 6.07) is 13.6. The van der Waals surface area contributed by atoms with E-state index in [1.54, 1.807) is 38.5 Å². The maximum atomic E-state index is 13.1. The molecular formula is C26H34N2O6. The molecule has 2 rings (SSSR count). The third-order valence-corrected chi connectivity index (χ3v) is 5.44.